The summed E-state index contributed by atoms with van der Waals surface area (Å²) < 4.78 is 18.3. The summed E-state index contributed by atoms with van der Waals surface area (Å²) in [5, 5.41) is 0. The highest BCUT2D eigenvalue weighted by molar-refractivity contribution is 5.48. The zero-order chi connectivity index (χ0) is 15.2. The number of piperazine rings is 1. The Morgan fingerprint density at radius 2 is 1.82 bits per heavy atom. The minimum absolute atomic E-state index is 0.180. The van der Waals surface area contributed by atoms with Crippen molar-refractivity contribution in [3.05, 3.63) is 41.7 Å². The number of nitrogens with zero attached hydrogens (tertiary/aromatic N) is 2. The van der Waals surface area contributed by atoms with E-state index in [0.717, 1.165) is 57.4 Å². The molecule has 0 aromatic heterocycles. The Morgan fingerprint density at radius 1 is 1.09 bits per heavy atom. The number of hydrogen-bond donors (Lipinski definition) is 0. The van der Waals surface area contributed by atoms with Crippen LogP contribution in [0.4, 0.5) is 4.39 Å². The predicted molar refractivity (Wildman–Crippen MR) is 87.2 cm³/mol. The molecule has 2 saturated heterocycles. The molecule has 22 heavy (non-hydrogen) atoms. The van der Waals surface area contributed by atoms with Gasteiger partial charge in [0, 0.05) is 45.9 Å². The van der Waals surface area contributed by atoms with Crippen LogP contribution in [0.1, 0.15) is 12.0 Å². The van der Waals surface area contributed by atoms with E-state index in [1.807, 2.05) is 12.1 Å². The molecular formula is C18H25FN2O. The summed E-state index contributed by atoms with van der Waals surface area (Å²) >= 11 is 0. The first-order valence-corrected chi connectivity index (χ1v) is 8.24. The lowest BCUT2D eigenvalue weighted by Crippen LogP contribution is -2.47. The fourth-order valence-corrected chi connectivity index (χ4v) is 3.16. The van der Waals surface area contributed by atoms with E-state index >= 15 is 0 Å². The van der Waals surface area contributed by atoms with Gasteiger partial charge in [-0.15, -0.1) is 0 Å². The first-order chi connectivity index (χ1) is 10.8. The highest BCUT2D eigenvalue weighted by atomic mass is 19.1. The Kier molecular flexibility index (Phi) is 5.59. The second-order valence-electron chi connectivity index (χ2n) is 6.28. The highest BCUT2D eigenvalue weighted by Gasteiger charge is 2.22. The second-order valence-corrected chi connectivity index (χ2v) is 6.28. The van der Waals surface area contributed by atoms with Gasteiger partial charge in [0.25, 0.3) is 0 Å². The summed E-state index contributed by atoms with van der Waals surface area (Å²) in [5.74, 6) is 0.561. The Morgan fingerprint density at radius 3 is 2.50 bits per heavy atom. The third-order valence-electron chi connectivity index (χ3n) is 4.55. The molecule has 1 aromatic rings. The van der Waals surface area contributed by atoms with E-state index in [2.05, 4.69) is 22.0 Å². The Hall–Kier alpha value is -1.23. The second kappa shape index (κ2) is 7.86. The van der Waals surface area contributed by atoms with Gasteiger partial charge in [0.05, 0.1) is 6.61 Å². The van der Waals surface area contributed by atoms with Crippen molar-refractivity contribution in [1.82, 2.24) is 9.80 Å². The van der Waals surface area contributed by atoms with Gasteiger partial charge in [-0.05, 0) is 30.0 Å². The minimum atomic E-state index is -0.180. The third kappa shape index (κ3) is 4.63. The van der Waals surface area contributed by atoms with Crippen LogP contribution in [0.5, 0.6) is 0 Å². The Labute approximate surface area is 132 Å². The van der Waals surface area contributed by atoms with Crippen LogP contribution < -0.4 is 0 Å². The third-order valence-corrected chi connectivity index (χ3v) is 4.55. The molecule has 1 aromatic carbocycles. The van der Waals surface area contributed by atoms with E-state index in [9.17, 15) is 4.39 Å². The van der Waals surface area contributed by atoms with Crippen molar-refractivity contribution in [2.45, 2.75) is 6.42 Å². The molecule has 4 heteroatoms. The van der Waals surface area contributed by atoms with Crippen molar-refractivity contribution in [2.24, 2.45) is 5.92 Å². The molecule has 2 aliphatic heterocycles. The zero-order valence-electron chi connectivity index (χ0n) is 13.1. The molecule has 0 amide bonds. The molecule has 3 nitrogen and oxygen atoms in total. The van der Waals surface area contributed by atoms with Crippen LogP contribution in [-0.4, -0.2) is 62.3 Å². The van der Waals surface area contributed by atoms with Gasteiger partial charge in [-0.1, -0.05) is 24.3 Å². The lowest BCUT2D eigenvalue weighted by Gasteiger charge is -2.35. The largest absolute Gasteiger partial charge is 0.381 e. The van der Waals surface area contributed by atoms with E-state index in [1.165, 1.54) is 25.1 Å². The fourth-order valence-electron chi connectivity index (χ4n) is 3.16. The summed E-state index contributed by atoms with van der Waals surface area (Å²) in [5.41, 5.74) is 1.06. The monoisotopic (exact) mass is 304 g/mol. The lowest BCUT2D eigenvalue weighted by molar-refractivity contribution is 0.117. The van der Waals surface area contributed by atoms with Crippen LogP contribution in [0, 0.1) is 11.7 Å². The summed E-state index contributed by atoms with van der Waals surface area (Å²) in [4.78, 5) is 5.04. The molecule has 2 fully saturated rings. The van der Waals surface area contributed by atoms with E-state index in [0.29, 0.717) is 0 Å². The molecule has 0 unspecified atom stereocenters. The van der Waals surface area contributed by atoms with Gasteiger partial charge in [0.1, 0.15) is 5.82 Å². The Bertz CT molecular complexity index is 474. The molecular weight excluding hydrogens is 279 g/mol. The molecule has 0 saturated carbocycles. The van der Waals surface area contributed by atoms with Gasteiger partial charge in [-0.3, -0.25) is 4.90 Å². The average molecular weight is 304 g/mol. The minimum Gasteiger partial charge on any atom is -0.381 e. The first kappa shape index (κ1) is 15.7. The van der Waals surface area contributed by atoms with Gasteiger partial charge < -0.3 is 9.64 Å². The molecule has 120 valence electrons. The van der Waals surface area contributed by atoms with Crippen molar-refractivity contribution in [3.63, 3.8) is 0 Å². The van der Waals surface area contributed by atoms with Crippen molar-refractivity contribution < 1.29 is 9.13 Å². The maximum atomic E-state index is 12.8. The average Bonchev–Trinajstić information content (AvgIpc) is 3.04. The SMILES string of the molecule is Fc1ccc(/C=C/CN2CCN(C[C@H]3CCOC3)CC2)cc1. The summed E-state index contributed by atoms with van der Waals surface area (Å²) in [6.45, 7) is 8.61. The highest BCUT2D eigenvalue weighted by Crippen LogP contribution is 2.15. The predicted octanol–water partition coefficient (Wildman–Crippen LogP) is 2.49. The normalized spacial score (nSPS) is 24.3. The van der Waals surface area contributed by atoms with Gasteiger partial charge in [-0.2, -0.15) is 0 Å². The summed E-state index contributed by atoms with van der Waals surface area (Å²) in [6, 6.07) is 6.64. The van der Waals surface area contributed by atoms with Crippen LogP contribution in [0.2, 0.25) is 0 Å². The molecule has 0 radical (unpaired) electrons. The van der Waals surface area contributed by atoms with Gasteiger partial charge >= 0.3 is 0 Å². The molecule has 0 N–H and O–H groups in total. The van der Waals surface area contributed by atoms with Gasteiger partial charge in [0.2, 0.25) is 0 Å². The number of ether oxygens (including phenoxy) is 1. The van der Waals surface area contributed by atoms with E-state index in [1.54, 1.807) is 0 Å². The molecule has 1 atom stereocenters. The van der Waals surface area contributed by atoms with Crippen LogP contribution >= 0.6 is 0 Å². The van der Waals surface area contributed by atoms with Crippen LogP contribution in [-0.2, 0) is 4.74 Å². The molecule has 2 aliphatic rings. The lowest BCUT2D eigenvalue weighted by atomic mass is 10.1. The smallest absolute Gasteiger partial charge is 0.123 e. The Balaban J connectivity index is 1.37. The van der Waals surface area contributed by atoms with Crippen LogP contribution in [0.15, 0.2) is 30.3 Å². The summed E-state index contributed by atoms with van der Waals surface area (Å²) in [7, 11) is 0. The van der Waals surface area contributed by atoms with Gasteiger partial charge in [-0.25, -0.2) is 4.39 Å². The van der Waals surface area contributed by atoms with Crippen molar-refractivity contribution in [3.8, 4) is 0 Å². The number of hydrogen-bond acceptors (Lipinski definition) is 3. The van der Waals surface area contributed by atoms with Crippen molar-refractivity contribution >= 4 is 6.08 Å². The number of benzene rings is 1. The summed E-state index contributed by atoms with van der Waals surface area (Å²) in [6.07, 6.45) is 5.47. The van der Waals surface area contributed by atoms with E-state index in [4.69, 9.17) is 4.74 Å². The molecule has 0 bridgehead atoms. The maximum Gasteiger partial charge on any atom is 0.123 e. The molecule has 3 rings (SSSR count). The maximum absolute atomic E-state index is 12.8. The zero-order valence-corrected chi connectivity index (χ0v) is 13.1. The van der Waals surface area contributed by atoms with Crippen molar-refractivity contribution in [1.29, 1.82) is 0 Å². The van der Waals surface area contributed by atoms with E-state index in [-0.39, 0.29) is 5.82 Å². The topological polar surface area (TPSA) is 15.7 Å². The molecule has 2 heterocycles. The van der Waals surface area contributed by atoms with E-state index < -0.39 is 0 Å². The molecule has 0 spiro atoms. The fraction of sp³-hybridized carbons (Fsp3) is 0.556. The van der Waals surface area contributed by atoms with Gasteiger partial charge in [0.15, 0.2) is 0 Å². The standard InChI is InChI=1S/C18H25FN2O/c19-18-5-3-16(4-6-18)2-1-8-20-9-11-21(12-10-20)14-17-7-13-22-15-17/h1-6,17H,7-15H2/b2-1+/t17-/m1/s1. The number of rotatable bonds is 5. The van der Waals surface area contributed by atoms with Crippen LogP contribution in [0.25, 0.3) is 6.08 Å². The number of halogens is 1. The van der Waals surface area contributed by atoms with Crippen LogP contribution in [0.3, 0.4) is 0 Å². The first-order valence-electron chi connectivity index (χ1n) is 8.24. The van der Waals surface area contributed by atoms with Crippen molar-refractivity contribution in [2.75, 3.05) is 52.5 Å². The quantitative estimate of drug-likeness (QED) is 0.831. The molecule has 0 aliphatic carbocycles.